The van der Waals surface area contributed by atoms with Crippen LogP contribution < -0.4 is 5.32 Å². The minimum atomic E-state index is -0.528. The first-order chi connectivity index (χ1) is 13.2. The first-order valence-electron chi connectivity index (χ1n) is 9.87. The summed E-state index contributed by atoms with van der Waals surface area (Å²) in [4.78, 5) is 27.6. The average molecular weight is 381 g/mol. The quantitative estimate of drug-likeness (QED) is 0.792. The number of amides is 2. The van der Waals surface area contributed by atoms with Crippen molar-refractivity contribution in [1.82, 2.24) is 10.2 Å². The molecule has 2 aromatic carbocycles. The molecule has 1 N–H and O–H groups in total. The minimum absolute atomic E-state index is 0.0261. The van der Waals surface area contributed by atoms with Gasteiger partial charge in [0.25, 0.3) is 0 Å². The topological polar surface area (TPSA) is 49.4 Å². The molecule has 150 valence electrons. The van der Waals surface area contributed by atoms with E-state index in [0.29, 0.717) is 19.4 Å². The molecule has 0 aliphatic carbocycles. The highest BCUT2D eigenvalue weighted by Gasteiger charge is 2.28. The molecule has 0 fully saturated rings. The Morgan fingerprint density at radius 1 is 1.00 bits per heavy atom. The Kier molecular flexibility index (Phi) is 7.38. The van der Waals surface area contributed by atoms with Gasteiger partial charge in [0.2, 0.25) is 11.8 Å². The SMILES string of the molecule is Cc1ccccc1CC(=O)N(CCc1ccccc1)[C@@H](C)C(=O)NC(C)(C)C. The van der Waals surface area contributed by atoms with E-state index in [1.807, 2.05) is 89.2 Å². The summed E-state index contributed by atoms with van der Waals surface area (Å²) in [6.45, 7) is 10.2. The lowest BCUT2D eigenvalue weighted by molar-refractivity contribution is -0.140. The van der Waals surface area contributed by atoms with E-state index in [1.165, 1.54) is 0 Å². The normalized spacial score (nSPS) is 12.3. The predicted octanol–water partition coefficient (Wildman–Crippen LogP) is 3.91. The maximum atomic E-state index is 13.1. The third kappa shape index (κ3) is 6.52. The van der Waals surface area contributed by atoms with Gasteiger partial charge in [-0.1, -0.05) is 54.6 Å². The van der Waals surface area contributed by atoms with Crippen molar-refractivity contribution in [2.75, 3.05) is 6.54 Å². The summed E-state index contributed by atoms with van der Waals surface area (Å²) < 4.78 is 0. The molecule has 2 rings (SSSR count). The average Bonchev–Trinajstić information content (AvgIpc) is 2.63. The first-order valence-corrected chi connectivity index (χ1v) is 9.87. The maximum Gasteiger partial charge on any atom is 0.242 e. The second-order valence-electron chi connectivity index (χ2n) is 8.34. The van der Waals surface area contributed by atoms with E-state index in [-0.39, 0.29) is 17.4 Å². The highest BCUT2D eigenvalue weighted by atomic mass is 16.2. The van der Waals surface area contributed by atoms with Gasteiger partial charge in [0.05, 0.1) is 6.42 Å². The summed E-state index contributed by atoms with van der Waals surface area (Å²) >= 11 is 0. The molecule has 0 aliphatic heterocycles. The molecule has 0 heterocycles. The molecule has 0 aliphatic rings. The van der Waals surface area contributed by atoms with Crippen LogP contribution in [0.25, 0.3) is 0 Å². The number of hydrogen-bond acceptors (Lipinski definition) is 2. The van der Waals surface area contributed by atoms with Gasteiger partial charge in [-0.2, -0.15) is 0 Å². The molecule has 4 heteroatoms. The van der Waals surface area contributed by atoms with E-state index >= 15 is 0 Å². The summed E-state index contributed by atoms with van der Waals surface area (Å²) in [5, 5.41) is 2.99. The molecule has 4 nitrogen and oxygen atoms in total. The fourth-order valence-corrected chi connectivity index (χ4v) is 3.12. The molecule has 0 saturated heterocycles. The zero-order valence-electron chi connectivity index (χ0n) is 17.7. The van der Waals surface area contributed by atoms with Crippen LogP contribution in [0.4, 0.5) is 0 Å². The molecule has 2 aromatic rings. The fourth-order valence-electron chi connectivity index (χ4n) is 3.12. The lowest BCUT2D eigenvalue weighted by Gasteiger charge is -2.31. The molecular formula is C24H32N2O2. The molecule has 0 spiro atoms. The van der Waals surface area contributed by atoms with Crippen LogP contribution in [0.5, 0.6) is 0 Å². The van der Waals surface area contributed by atoms with Gasteiger partial charge >= 0.3 is 0 Å². The van der Waals surface area contributed by atoms with E-state index in [4.69, 9.17) is 0 Å². The Balaban J connectivity index is 2.17. The summed E-state index contributed by atoms with van der Waals surface area (Å²) in [6.07, 6.45) is 1.02. The number of nitrogens with one attached hydrogen (secondary N) is 1. The van der Waals surface area contributed by atoms with E-state index in [9.17, 15) is 9.59 Å². The van der Waals surface area contributed by atoms with E-state index < -0.39 is 6.04 Å². The summed E-state index contributed by atoms with van der Waals surface area (Å²) in [5.74, 6) is -0.152. The van der Waals surface area contributed by atoms with Crippen LogP contribution in [-0.2, 0) is 22.4 Å². The van der Waals surface area contributed by atoms with Gasteiger partial charge in [0, 0.05) is 12.1 Å². The number of hydrogen-bond donors (Lipinski definition) is 1. The van der Waals surface area contributed by atoms with Gasteiger partial charge in [0.15, 0.2) is 0 Å². The maximum absolute atomic E-state index is 13.1. The third-order valence-electron chi connectivity index (χ3n) is 4.75. The molecule has 2 amide bonds. The van der Waals surface area contributed by atoms with Gasteiger partial charge in [0.1, 0.15) is 6.04 Å². The Labute approximate surface area is 169 Å². The molecule has 1 atom stereocenters. The summed E-state index contributed by atoms with van der Waals surface area (Å²) in [6, 6.07) is 17.4. The molecule has 0 aromatic heterocycles. The van der Waals surface area contributed by atoms with Gasteiger partial charge < -0.3 is 10.2 Å². The van der Waals surface area contributed by atoms with Crippen molar-refractivity contribution in [2.24, 2.45) is 0 Å². The Morgan fingerprint density at radius 2 is 1.61 bits per heavy atom. The number of nitrogens with zero attached hydrogens (tertiary/aromatic N) is 1. The number of carbonyl (C=O) groups excluding carboxylic acids is 2. The minimum Gasteiger partial charge on any atom is -0.350 e. The van der Waals surface area contributed by atoms with Crippen LogP contribution in [0.15, 0.2) is 54.6 Å². The third-order valence-corrected chi connectivity index (χ3v) is 4.75. The van der Waals surface area contributed by atoms with Crippen molar-refractivity contribution in [3.63, 3.8) is 0 Å². The van der Waals surface area contributed by atoms with Crippen molar-refractivity contribution in [3.05, 3.63) is 71.3 Å². The Hall–Kier alpha value is -2.62. The fraction of sp³-hybridized carbons (Fsp3) is 0.417. The molecule has 0 unspecified atom stereocenters. The number of carbonyl (C=O) groups is 2. The lowest BCUT2D eigenvalue weighted by Crippen LogP contribution is -2.53. The van der Waals surface area contributed by atoms with Crippen molar-refractivity contribution in [3.8, 4) is 0 Å². The van der Waals surface area contributed by atoms with E-state index in [1.54, 1.807) is 4.90 Å². The zero-order chi connectivity index (χ0) is 20.7. The van der Waals surface area contributed by atoms with E-state index in [0.717, 1.165) is 16.7 Å². The lowest BCUT2D eigenvalue weighted by atomic mass is 10.0. The van der Waals surface area contributed by atoms with Gasteiger partial charge in [-0.3, -0.25) is 9.59 Å². The Morgan fingerprint density at radius 3 is 2.21 bits per heavy atom. The van der Waals surface area contributed by atoms with Crippen LogP contribution >= 0.6 is 0 Å². The van der Waals surface area contributed by atoms with Crippen LogP contribution in [0.1, 0.15) is 44.4 Å². The number of benzene rings is 2. The molecule has 28 heavy (non-hydrogen) atoms. The zero-order valence-corrected chi connectivity index (χ0v) is 17.7. The summed E-state index contributed by atoms with van der Waals surface area (Å²) in [5.41, 5.74) is 2.90. The predicted molar refractivity (Wildman–Crippen MR) is 114 cm³/mol. The second kappa shape index (κ2) is 9.54. The Bertz CT molecular complexity index is 794. The highest BCUT2D eigenvalue weighted by Crippen LogP contribution is 2.13. The molecule has 0 bridgehead atoms. The molecule has 0 radical (unpaired) electrons. The van der Waals surface area contributed by atoms with Crippen molar-refractivity contribution in [1.29, 1.82) is 0 Å². The standard InChI is InChI=1S/C24H32N2O2/c1-18-11-9-10-14-21(18)17-22(27)26(16-15-20-12-7-6-8-13-20)19(2)23(28)25-24(3,4)5/h6-14,19H,15-17H2,1-5H3,(H,25,28)/t19-/m0/s1. The first kappa shape index (κ1) is 21.7. The summed E-state index contributed by atoms with van der Waals surface area (Å²) in [7, 11) is 0. The monoisotopic (exact) mass is 380 g/mol. The van der Waals surface area contributed by atoms with Crippen molar-refractivity contribution in [2.45, 2.75) is 59.0 Å². The van der Waals surface area contributed by atoms with E-state index in [2.05, 4.69) is 5.32 Å². The van der Waals surface area contributed by atoms with Crippen LogP contribution in [0, 0.1) is 6.92 Å². The molecule has 0 saturated carbocycles. The highest BCUT2D eigenvalue weighted by molar-refractivity contribution is 5.88. The van der Waals surface area contributed by atoms with Crippen LogP contribution in [0.2, 0.25) is 0 Å². The van der Waals surface area contributed by atoms with Gasteiger partial charge in [-0.15, -0.1) is 0 Å². The second-order valence-corrected chi connectivity index (χ2v) is 8.34. The largest absolute Gasteiger partial charge is 0.350 e. The van der Waals surface area contributed by atoms with Gasteiger partial charge in [-0.05, 0) is 57.7 Å². The van der Waals surface area contributed by atoms with Crippen molar-refractivity contribution >= 4 is 11.8 Å². The molecular weight excluding hydrogens is 348 g/mol. The van der Waals surface area contributed by atoms with Crippen LogP contribution in [-0.4, -0.2) is 34.8 Å². The smallest absolute Gasteiger partial charge is 0.242 e. The van der Waals surface area contributed by atoms with Gasteiger partial charge in [-0.25, -0.2) is 0 Å². The van der Waals surface area contributed by atoms with Crippen LogP contribution in [0.3, 0.4) is 0 Å². The number of rotatable bonds is 7. The number of aryl methyl sites for hydroxylation is 1. The van der Waals surface area contributed by atoms with Crippen molar-refractivity contribution < 1.29 is 9.59 Å².